The number of fused-ring (bicyclic) bond motifs is 1. The Bertz CT molecular complexity index is 1110. The summed E-state index contributed by atoms with van der Waals surface area (Å²) in [7, 11) is 0. The lowest BCUT2D eigenvalue weighted by Crippen LogP contribution is -2.46. The third-order valence-corrected chi connectivity index (χ3v) is 4.48. The first-order valence-corrected chi connectivity index (χ1v) is 8.58. The molecule has 2 aromatic carbocycles. The molecule has 0 aliphatic carbocycles. The third-order valence-electron chi connectivity index (χ3n) is 4.48. The van der Waals surface area contributed by atoms with E-state index in [0.29, 0.717) is 16.9 Å². The molecule has 0 aliphatic heterocycles. The van der Waals surface area contributed by atoms with Crippen molar-refractivity contribution in [1.82, 2.24) is 5.32 Å². The number of hydrogen-bond donors (Lipinski definition) is 3. The maximum atomic E-state index is 12.8. The number of carbonyl (C=O) groups is 2. The van der Waals surface area contributed by atoms with Gasteiger partial charge in [0.05, 0.1) is 17.5 Å². The monoisotopic (exact) mass is 381 g/mol. The van der Waals surface area contributed by atoms with Crippen molar-refractivity contribution in [3.8, 4) is 11.3 Å². The highest BCUT2D eigenvalue weighted by molar-refractivity contribution is 6.05. The molecule has 3 aromatic rings. The molecule has 144 valence electrons. The van der Waals surface area contributed by atoms with Crippen molar-refractivity contribution < 1.29 is 24.2 Å². The van der Waals surface area contributed by atoms with Gasteiger partial charge in [-0.1, -0.05) is 36.4 Å². The van der Waals surface area contributed by atoms with Crippen molar-refractivity contribution in [2.45, 2.75) is 19.4 Å². The summed E-state index contributed by atoms with van der Waals surface area (Å²) in [5, 5.41) is 21.4. The third kappa shape index (κ3) is 3.52. The molecule has 1 unspecified atom stereocenters. The van der Waals surface area contributed by atoms with Crippen molar-refractivity contribution >= 4 is 22.8 Å². The molecule has 0 spiro atoms. The molecular weight excluding hydrogens is 362 g/mol. The molecule has 3 rings (SSSR count). The Kier molecular flexibility index (Phi) is 5.02. The van der Waals surface area contributed by atoms with Gasteiger partial charge >= 0.3 is 5.97 Å². The minimum Gasteiger partial charge on any atom is -0.479 e. The second-order valence-electron chi connectivity index (χ2n) is 6.70. The number of aliphatic carboxylic acids is 1. The Morgan fingerprint density at radius 1 is 1.11 bits per heavy atom. The number of aliphatic hydroxyl groups is 1. The number of carbonyl (C=O) groups excluding carboxylic acids is 1. The minimum atomic E-state index is -2.12. The van der Waals surface area contributed by atoms with Gasteiger partial charge in [0.1, 0.15) is 5.76 Å². The highest BCUT2D eigenvalue weighted by Gasteiger charge is 2.30. The topological polar surface area (TPSA) is 117 Å². The van der Waals surface area contributed by atoms with E-state index in [1.54, 1.807) is 31.2 Å². The van der Waals surface area contributed by atoms with Crippen molar-refractivity contribution in [3.63, 3.8) is 0 Å². The van der Waals surface area contributed by atoms with Crippen LogP contribution in [-0.2, 0) is 4.79 Å². The van der Waals surface area contributed by atoms with E-state index in [0.717, 1.165) is 6.92 Å². The van der Waals surface area contributed by atoms with Crippen molar-refractivity contribution in [2.24, 2.45) is 0 Å². The van der Waals surface area contributed by atoms with Gasteiger partial charge in [0.15, 0.2) is 16.6 Å². The first kappa shape index (κ1) is 19.3. The van der Waals surface area contributed by atoms with E-state index >= 15 is 0 Å². The van der Waals surface area contributed by atoms with Gasteiger partial charge in [0.25, 0.3) is 5.91 Å². The highest BCUT2D eigenvalue weighted by atomic mass is 16.4. The van der Waals surface area contributed by atoms with Crippen LogP contribution in [0.2, 0.25) is 0 Å². The Hall–Kier alpha value is -3.45. The van der Waals surface area contributed by atoms with Gasteiger partial charge in [0.2, 0.25) is 0 Å². The standard InChI is InChI=1S/C21H19NO6/c1-12-16(23)14-9-6-10-15(19(24)22-11-21(2,27)20(25)26)18(14)28-17(12)13-7-4-3-5-8-13/h3-10,27H,11H2,1-2H3,(H,22,24)(H,25,26). The molecule has 0 saturated carbocycles. The van der Waals surface area contributed by atoms with Crippen LogP contribution in [0.3, 0.4) is 0 Å². The molecule has 0 aliphatic rings. The zero-order valence-electron chi connectivity index (χ0n) is 15.4. The predicted molar refractivity (Wildman–Crippen MR) is 103 cm³/mol. The summed E-state index contributed by atoms with van der Waals surface area (Å²) in [6, 6.07) is 13.6. The number of hydrogen-bond acceptors (Lipinski definition) is 5. The average Bonchev–Trinajstić information content (AvgIpc) is 2.69. The minimum absolute atomic E-state index is 0.0768. The maximum Gasteiger partial charge on any atom is 0.337 e. The zero-order valence-corrected chi connectivity index (χ0v) is 15.4. The Balaban J connectivity index is 2.09. The molecule has 0 radical (unpaired) electrons. The zero-order chi connectivity index (χ0) is 20.5. The van der Waals surface area contributed by atoms with E-state index in [4.69, 9.17) is 9.52 Å². The first-order valence-electron chi connectivity index (χ1n) is 8.58. The van der Waals surface area contributed by atoms with Gasteiger partial charge in [-0.25, -0.2) is 4.79 Å². The molecule has 1 amide bonds. The van der Waals surface area contributed by atoms with E-state index < -0.39 is 24.0 Å². The van der Waals surface area contributed by atoms with Crippen LogP contribution in [0.5, 0.6) is 0 Å². The fourth-order valence-electron chi connectivity index (χ4n) is 2.78. The van der Waals surface area contributed by atoms with Crippen molar-refractivity contribution in [3.05, 3.63) is 69.9 Å². The molecule has 1 atom stereocenters. The number of carboxylic acids is 1. The van der Waals surface area contributed by atoms with E-state index in [9.17, 15) is 19.5 Å². The highest BCUT2D eigenvalue weighted by Crippen LogP contribution is 2.27. The predicted octanol–water partition coefficient (Wildman–Crippen LogP) is 2.33. The smallest absolute Gasteiger partial charge is 0.337 e. The lowest BCUT2D eigenvalue weighted by molar-refractivity contribution is -0.155. The van der Waals surface area contributed by atoms with Gasteiger partial charge in [-0.05, 0) is 26.0 Å². The van der Waals surface area contributed by atoms with Crippen LogP contribution in [0.1, 0.15) is 22.8 Å². The van der Waals surface area contributed by atoms with Crippen LogP contribution in [0.15, 0.2) is 57.7 Å². The SMILES string of the molecule is Cc1c(-c2ccccc2)oc2c(C(=O)NCC(C)(O)C(=O)O)cccc2c1=O. The summed E-state index contributed by atoms with van der Waals surface area (Å²) in [4.78, 5) is 36.4. The molecule has 1 heterocycles. The molecular formula is C21H19NO6. The fraction of sp³-hybridized carbons (Fsp3) is 0.190. The average molecular weight is 381 g/mol. The molecule has 7 heteroatoms. The van der Waals surface area contributed by atoms with Crippen molar-refractivity contribution in [2.75, 3.05) is 6.54 Å². The Morgan fingerprint density at radius 2 is 1.79 bits per heavy atom. The van der Waals surface area contributed by atoms with Gasteiger partial charge in [-0.3, -0.25) is 9.59 Å². The lowest BCUT2D eigenvalue weighted by atomic mass is 10.0. The molecule has 28 heavy (non-hydrogen) atoms. The van der Waals surface area contributed by atoms with Crippen LogP contribution < -0.4 is 10.7 Å². The summed E-state index contributed by atoms with van der Waals surface area (Å²) >= 11 is 0. The Labute approximate surface area is 160 Å². The fourth-order valence-corrected chi connectivity index (χ4v) is 2.78. The second kappa shape index (κ2) is 7.28. The molecule has 7 nitrogen and oxygen atoms in total. The lowest BCUT2D eigenvalue weighted by Gasteiger charge is -2.18. The number of carboxylic acid groups (broad SMARTS) is 1. The number of nitrogens with one attached hydrogen (secondary N) is 1. The summed E-state index contributed by atoms with van der Waals surface area (Å²) in [5.74, 6) is -1.76. The van der Waals surface area contributed by atoms with Crippen molar-refractivity contribution in [1.29, 1.82) is 0 Å². The Morgan fingerprint density at radius 3 is 2.43 bits per heavy atom. The molecule has 0 saturated heterocycles. The second-order valence-corrected chi connectivity index (χ2v) is 6.70. The largest absolute Gasteiger partial charge is 0.479 e. The van der Waals surface area contributed by atoms with E-state index in [1.807, 2.05) is 18.2 Å². The number of amides is 1. The van der Waals surface area contributed by atoms with E-state index in [2.05, 4.69) is 5.32 Å². The van der Waals surface area contributed by atoms with Crippen LogP contribution >= 0.6 is 0 Å². The van der Waals surface area contributed by atoms with Gasteiger partial charge < -0.3 is 19.9 Å². The van der Waals surface area contributed by atoms with E-state index in [-0.39, 0.29) is 22.0 Å². The van der Waals surface area contributed by atoms with Gasteiger partial charge in [-0.15, -0.1) is 0 Å². The van der Waals surface area contributed by atoms with Crippen LogP contribution in [0.25, 0.3) is 22.3 Å². The number of para-hydroxylation sites is 1. The van der Waals surface area contributed by atoms with E-state index in [1.165, 1.54) is 6.07 Å². The summed E-state index contributed by atoms with van der Waals surface area (Å²) in [5.41, 5.74) is -1.08. The normalized spacial score (nSPS) is 13.1. The molecule has 1 aromatic heterocycles. The first-order chi connectivity index (χ1) is 13.2. The maximum absolute atomic E-state index is 12.8. The van der Waals surface area contributed by atoms with Gasteiger partial charge in [-0.2, -0.15) is 0 Å². The number of rotatable bonds is 5. The van der Waals surface area contributed by atoms with Crippen LogP contribution in [0, 0.1) is 6.92 Å². The quantitative estimate of drug-likeness (QED) is 0.624. The summed E-state index contributed by atoms with van der Waals surface area (Å²) in [6.45, 7) is 2.24. The van der Waals surface area contributed by atoms with Crippen LogP contribution in [0.4, 0.5) is 0 Å². The summed E-state index contributed by atoms with van der Waals surface area (Å²) in [6.07, 6.45) is 0. The number of benzene rings is 2. The van der Waals surface area contributed by atoms with Crippen LogP contribution in [-0.4, -0.2) is 34.2 Å². The summed E-state index contributed by atoms with van der Waals surface area (Å²) < 4.78 is 5.95. The molecule has 3 N–H and O–H groups in total. The van der Waals surface area contributed by atoms with Gasteiger partial charge in [0, 0.05) is 11.1 Å². The molecule has 0 bridgehead atoms. The molecule has 0 fully saturated rings.